The highest BCUT2D eigenvalue weighted by atomic mass is 35.5. The molecule has 3 saturated heterocycles. The highest BCUT2D eigenvalue weighted by Gasteiger charge is 2.34. The first kappa shape index (κ1) is 76.6. The molecule has 3 aliphatic carbocycles. The number of piperazine rings is 3. The smallest absolute Gasteiger partial charge is 0.296 e. The molecule has 28 nitrogen and oxygen atoms in total. The third-order valence-electron chi connectivity index (χ3n) is 20.5. The second-order valence-corrected chi connectivity index (χ2v) is 28.3. The van der Waals surface area contributed by atoms with Crippen LogP contribution in [0.1, 0.15) is 84.9 Å². The van der Waals surface area contributed by atoms with Crippen molar-refractivity contribution in [2.24, 2.45) is 0 Å². The van der Waals surface area contributed by atoms with Gasteiger partial charge in [0.2, 0.25) is 0 Å². The number of phenolic OH excluding ortho intramolecular Hbond substituents is 1. The van der Waals surface area contributed by atoms with Gasteiger partial charge in [0.15, 0.2) is 34.5 Å². The van der Waals surface area contributed by atoms with E-state index in [0.29, 0.717) is 125 Å². The van der Waals surface area contributed by atoms with Crippen molar-refractivity contribution in [3.8, 4) is 51.7 Å². The lowest BCUT2D eigenvalue weighted by Crippen LogP contribution is -2.47. The van der Waals surface area contributed by atoms with E-state index in [9.17, 15) is 25.3 Å². The number of benzene rings is 8. The molecule has 4 N–H and O–H groups in total. The van der Waals surface area contributed by atoms with Crippen molar-refractivity contribution in [1.29, 1.82) is 0 Å². The van der Waals surface area contributed by atoms with Crippen molar-refractivity contribution >= 4 is 90.1 Å². The molecule has 6 fully saturated rings. The third kappa shape index (κ3) is 18.0. The predicted octanol–water partition coefficient (Wildman–Crippen LogP) is 14.2. The molecule has 3 saturated carbocycles. The molecule has 0 bridgehead atoms. The molecule has 0 amide bonds. The number of nitrogens with one attached hydrogen (secondary N) is 1. The molecule has 11 aromatic rings. The molecule has 0 spiro atoms. The van der Waals surface area contributed by atoms with E-state index in [0.717, 1.165) is 170 Å². The van der Waals surface area contributed by atoms with Gasteiger partial charge in [0.25, 0.3) is 11.4 Å². The maximum absolute atomic E-state index is 12.0. The van der Waals surface area contributed by atoms with Gasteiger partial charge in [-0.05, 0) is 104 Å². The first-order chi connectivity index (χ1) is 54.6. The average Bonchev–Trinajstić information content (AvgIpc) is 0.957. The Morgan fingerprint density at radius 2 is 0.777 bits per heavy atom. The third-order valence-corrected chi connectivity index (χ3v) is 20.8. The van der Waals surface area contributed by atoms with Gasteiger partial charge >= 0.3 is 0 Å². The molecule has 6 heterocycles. The topological polar surface area (TPSA) is 312 Å². The molecule has 17 rings (SSSR count). The first-order valence-corrected chi connectivity index (χ1v) is 37.9. The molecule has 3 aliphatic heterocycles. The predicted molar refractivity (Wildman–Crippen MR) is 433 cm³/mol. The number of hydrogen-bond acceptors (Lipinski definition) is 26. The van der Waals surface area contributed by atoms with Gasteiger partial charge in [0.1, 0.15) is 76.1 Å². The summed E-state index contributed by atoms with van der Waals surface area (Å²) < 4.78 is 44.2. The number of nitro benzene ring substituents is 2. The van der Waals surface area contributed by atoms with E-state index in [1.54, 1.807) is 79.1 Å². The second kappa shape index (κ2) is 34.8. The number of aromatic nitrogens is 6. The summed E-state index contributed by atoms with van der Waals surface area (Å²) in [5.41, 5.74) is 13.6. The number of aromatic hydroxyl groups is 1. The molecule has 8 aromatic carbocycles. The summed E-state index contributed by atoms with van der Waals surface area (Å²) in [5, 5.41) is 39.4. The van der Waals surface area contributed by atoms with Crippen molar-refractivity contribution in [3.63, 3.8) is 0 Å². The quantitative estimate of drug-likeness (QED) is 0.0246. The summed E-state index contributed by atoms with van der Waals surface area (Å²) in [6, 6.07) is 46.3. The number of methoxy groups -OCH3 is 6. The fourth-order valence-corrected chi connectivity index (χ4v) is 14.2. The Labute approximate surface area is 653 Å². The van der Waals surface area contributed by atoms with Gasteiger partial charge in [-0.3, -0.25) is 20.2 Å². The van der Waals surface area contributed by atoms with Crippen LogP contribution < -0.4 is 73.4 Å². The Morgan fingerprint density at radius 3 is 1.16 bits per heavy atom. The van der Waals surface area contributed by atoms with Gasteiger partial charge in [-0.25, -0.2) is 29.9 Å². The largest absolute Gasteiger partial charge is 0.508 e. The number of anilines is 6. The number of rotatable bonds is 22. The molecule has 0 unspecified atom stereocenters. The number of nitrogens with zero attached hydrogens (tertiary/aromatic N) is 13. The van der Waals surface area contributed by atoms with Crippen LogP contribution in [0.3, 0.4) is 0 Å². The minimum atomic E-state index is -0.341. The molecule has 0 atom stereocenters. The van der Waals surface area contributed by atoms with E-state index < -0.39 is 0 Å². The first-order valence-electron chi connectivity index (χ1n) is 37.5. The van der Waals surface area contributed by atoms with E-state index in [2.05, 4.69) is 34.9 Å². The van der Waals surface area contributed by atoms with Crippen LogP contribution in [0.4, 0.5) is 45.8 Å². The molecular weight excluding hydrogens is 1450 g/mol. The summed E-state index contributed by atoms with van der Waals surface area (Å²) in [5.74, 6) is 10.8. The zero-order valence-electron chi connectivity index (χ0n) is 63.4. The number of ether oxygens (including phenoxy) is 8. The van der Waals surface area contributed by atoms with E-state index in [1.807, 2.05) is 108 Å². The maximum atomic E-state index is 12.0. The molecule has 582 valence electrons. The van der Waals surface area contributed by atoms with Gasteiger partial charge in [-0.2, -0.15) is 0 Å². The lowest BCUT2D eigenvalue weighted by atomic mass is 10.1. The van der Waals surface area contributed by atoms with Crippen molar-refractivity contribution < 1.29 is 52.8 Å². The van der Waals surface area contributed by atoms with Gasteiger partial charge in [-0.15, -0.1) is 0 Å². The van der Waals surface area contributed by atoms with Gasteiger partial charge in [0, 0.05) is 137 Å². The monoisotopic (exact) mass is 1540 g/mol. The van der Waals surface area contributed by atoms with Crippen LogP contribution >= 0.6 is 11.6 Å². The van der Waals surface area contributed by atoms with Crippen LogP contribution in [0, 0.1) is 20.2 Å². The lowest BCUT2D eigenvalue weighted by Gasteiger charge is -2.37. The zero-order valence-corrected chi connectivity index (χ0v) is 64.2. The minimum Gasteiger partial charge on any atom is -0.508 e. The minimum absolute atomic E-state index is 0.0411. The Kier molecular flexibility index (Phi) is 23.8. The Morgan fingerprint density at radius 1 is 0.429 bits per heavy atom. The summed E-state index contributed by atoms with van der Waals surface area (Å²) in [6.07, 6.45) is 6.78. The highest BCUT2D eigenvalue weighted by Crippen LogP contribution is 2.46. The normalized spacial score (nSPS) is 15.4. The van der Waals surface area contributed by atoms with Gasteiger partial charge < -0.3 is 78.6 Å². The maximum Gasteiger partial charge on any atom is 0.296 e. The molecule has 112 heavy (non-hydrogen) atoms. The van der Waals surface area contributed by atoms with Crippen molar-refractivity contribution in [2.75, 3.05) is 151 Å². The Hall–Kier alpha value is -12.2. The van der Waals surface area contributed by atoms with Crippen LogP contribution in [-0.4, -0.2) is 166 Å². The van der Waals surface area contributed by atoms with Crippen LogP contribution in [0.5, 0.6) is 51.7 Å². The van der Waals surface area contributed by atoms with E-state index in [1.165, 1.54) is 12.1 Å². The fourth-order valence-electron chi connectivity index (χ4n) is 14.0. The van der Waals surface area contributed by atoms with Gasteiger partial charge in [0.05, 0.1) is 92.6 Å². The summed E-state index contributed by atoms with van der Waals surface area (Å²) in [6.45, 7) is 9.75. The standard InChI is InChI=1S/C30H31N5O5.C23H27N5O3.C17H19N3O3.C13H13ClN2O2/c1-38-27-17-23-24(18-28(27)39-2)31-29(21-8-9-21)32-30(23)34-14-12-33(13-15-34)25-11-10-22(16-26(25)35(36)37)40-19-20-6-4-3-5-7-20;1-30-20-12-16-18(13-21(20)31-2)25-22(14-3-4-14)26-23(16)28-9-7-27(8-10-28)19-6-5-15(29)11-17(19)24;21-20(22)17-12-15(23-13-14-4-2-1-3-5-14)6-7-16(17)19-10-8-18-9-11-19;1-17-10-5-8-9(6-11(10)18-2)15-13(7-3-4-7)16-12(8)14/h3-7,10-11,16-18,21H,8-9,12-15,19H2,1-2H3;5-6,11-14,29H,3-4,7-10,24H2,1-2H3;1-7,12,18H,8-11,13H2;5-7H,3-4H2,1-2H3. The van der Waals surface area contributed by atoms with Crippen molar-refractivity contribution in [2.45, 2.75) is 69.5 Å². The van der Waals surface area contributed by atoms with Crippen LogP contribution in [0.15, 0.2) is 152 Å². The Balaban J connectivity index is 0.000000129. The lowest BCUT2D eigenvalue weighted by molar-refractivity contribution is -0.384. The zero-order chi connectivity index (χ0) is 77.9. The van der Waals surface area contributed by atoms with Crippen LogP contribution in [-0.2, 0) is 13.2 Å². The van der Waals surface area contributed by atoms with Crippen LogP contribution in [0.2, 0.25) is 5.15 Å². The van der Waals surface area contributed by atoms with Crippen molar-refractivity contribution in [3.05, 3.63) is 206 Å². The van der Waals surface area contributed by atoms with E-state index >= 15 is 0 Å². The number of nitrogen functional groups attached to an aromatic ring is 1. The molecule has 0 radical (unpaired) electrons. The molecule has 6 aliphatic rings. The fraction of sp³-hybridized carbons (Fsp3) is 0.349. The molecule has 3 aromatic heterocycles. The number of fused-ring (bicyclic) bond motifs is 3. The number of nitrogens with two attached hydrogens (primary N) is 1. The van der Waals surface area contributed by atoms with Crippen molar-refractivity contribution in [1.82, 2.24) is 35.2 Å². The average molecular weight is 1540 g/mol. The van der Waals surface area contributed by atoms with E-state index in [-0.39, 0.29) is 27.0 Å². The summed E-state index contributed by atoms with van der Waals surface area (Å²) >= 11 is 6.21. The number of phenols is 1. The summed E-state index contributed by atoms with van der Waals surface area (Å²) in [4.78, 5) is 62.2. The highest BCUT2D eigenvalue weighted by molar-refractivity contribution is 6.34. The van der Waals surface area contributed by atoms with E-state index in [4.69, 9.17) is 75.2 Å². The molecular formula is C83H90ClN15O13. The SMILES string of the molecule is COc1cc2nc(C3CC3)nc(Cl)c2cc1OC.COc1cc2nc(C3CC3)nc(N3CCN(c4ccc(O)cc4N)CC3)c2cc1OC.COc1cc2nc(C3CC3)nc(N3CCN(c4ccc(OCc5ccccc5)cc4[N+](=O)[O-])CC3)c2cc1OC.O=[N+]([O-])c1cc(OCc2ccccc2)ccc1N1CCNCC1. The second-order valence-electron chi connectivity index (χ2n) is 28.0. The summed E-state index contributed by atoms with van der Waals surface area (Å²) in [7, 11) is 9.72. The number of hydrogen-bond donors (Lipinski definition) is 3. The van der Waals surface area contributed by atoms with Gasteiger partial charge in [-0.1, -0.05) is 72.3 Å². The van der Waals surface area contributed by atoms with Crippen LogP contribution in [0.25, 0.3) is 32.7 Å². The number of halogens is 1. The number of nitro groups is 2. The molecule has 29 heteroatoms. The Bertz CT molecular complexity index is 5180.